The summed E-state index contributed by atoms with van der Waals surface area (Å²) in [6.07, 6.45) is 1.08. The van der Waals surface area contributed by atoms with Crippen molar-refractivity contribution in [3.63, 3.8) is 0 Å². The van der Waals surface area contributed by atoms with Gasteiger partial charge in [0.15, 0.2) is 0 Å². The van der Waals surface area contributed by atoms with Crippen LogP contribution in [0.3, 0.4) is 0 Å². The number of ether oxygens (including phenoxy) is 1. The molecule has 0 aliphatic rings. The van der Waals surface area contributed by atoms with Gasteiger partial charge in [-0.25, -0.2) is 0 Å². The van der Waals surface area contributed by atoms with E-state index in [0.29, 0.717) is 0 Å². The molecule has 116 valence electrons. The van der Waals surface area contributed by atoms with Gasteiger partial charge >= 0.3 is 0 Å². The monoisotopic (exact) mass is 282 g/mol. The lowest BCUT2D eigenvalue weighted by molar-refractivity contribution is 0.198. The van der Waals surface area contributed by atoms with Crippen molar-refractivity contribution in [2.24, 2.45) is 0 Å². The van der Waals surface area contributed by atoms with E-state index in [2.05, 4.69) is 47.8 Å². The largest absolute Gasteiger partial charge is 0.383 e. The third kappa shape index (κ3) is 5.23. The van der Waals surface area contributed by atoms with Gasteiger partial charge in [-0.05, 0) is 39.8 Å². The Morgan fingerprint density at radius 2 is 2.00 bits per heavy atom. The second-order valence-electron chi connectivity index (χ2n) is 5.26. The average Bonchev–Trinajstić information content (AvgIpc) is 2.71. The summed E-state index contributed by atoms with van der Waals surface area (Å²) in [5.41, 5.74) is 3.90. The molecule has 0 radical (unpaired) electrons. The van der Waals surface area contributed by atoms with Gasteiger partial charge in [-0.1, -0.05) is 0 Å². The van der Waals surface area contributed by atoms with Gasteiger partial charge in [0.2, 0.25) is 0 Å². The Labute approximate surface area is 123 Å². The lowest BCUT2D eigenvalue weighted by Crippen LogP contribution is -2.32. The first-order valence-electron chi connectivity index (χ1n) is 7.51. The third-order valence-corrected chi connectivity index (χ3v) is 3.73. The molecule has 0 amide bonds. The molecule has 0 bridgehead atoms. The highest BCUT2D eigenvalue weighted by atomic mass is 16.5. The Morgan fingerprint density at radius 1 is 1.25 bits per heavy atom. The minimum absolute atomic E-state index is 0.776. The highest BCUT2D eigenvalue weighted by Gasteiger charge is 2.10. The minimum atomic E-state index is 0.776. The molecule has 1 aromatic heterocycles. The van der Waals surface area contributed by atoms with Crippen LogP contribution >= 0.6 is 0 Å². The fourth-order valence-electron chi connectivity index (χ4n) is 2.39. The van der Waals surface area contributed by atoms with Gasteiger partial charge in [-0.3, -0.25) is 4.68 Å². The first kappa shape index (κ1) is 17.1. The van der Waals surface area contributed by atoms with Gasteiger partial charge in [0.1, 0.15) is 0 Å². The van der Waals surface area contributed by atoms with Gasteiger partial charge in [0.05, 0.1) is 12.3 Å². The molecule has 0 aliphatic heterocycles. The van der Waals surface area contributed by atoms with Crippen LogP contribution in [0.2, 0.25) is 0 Å². The summed E-state index contributed by atoms with van der Waals surface area (Å²) in [5.74, 6) is 0. The summed E-state index contributed by atoms with van der Waals surface area (Å²) in [7, 11) is 3.90. The summed E-state index contributed by atoms with van der Waals surface area (Å²) in [6.45, 7) is 12.2. The van der Waals surface area contributed by atoms with E-state index in [9.17, 15) is 0 Å². The Hall–Kier alpha value is -0.910. The van der Waals surface area contributed by atoms with E-state index in [-0.39, 0.29) is 0 Å². The van der Waals surface area contributed by atoms with Crippen molar-refractivity contribution >= 4 is 0 Å². The Balaban J connectivity index is 2.30. The molecule has 0 aromatic carbocycles. The predicted octanol–water partition coefficient (Wildman–Crippen LogP) is 1.23. The summed E-state index contributed by atoms with van der Waals surface area (Å²) >= 11 is 0. The summed E-state index contributed by atoms with van der Waals surface area (Å²) < 4.78 is 7.10. The first-order valence-corrected chi connectivity index (χ1v) is 7.51. The fourth-order valence-corrected chi connectivity index (χ4v) is 2.39. The van der Waals surface area contributed by atoms with Crippen LogP contribution in [-0.4, -0.2) is 61.6 Å². The maximum absolute atomic E-state index is 5.01. The van der Waals surface area contributed by atoms with Crippen LogP contribution in [0.5, 0.6) is 0 Å². The zero-order valence-corrected chi connectivity index (χ0v) is 13.7. The summed E-state index contributed by atoms with van der Waals surface area (Å²) in [6, 6.07) is 0. The Morgan fingerprint density at radius 3 is 2.60 bits per heavy atom. The number of rotatable bonds is 10. The zero-order chi connectivity index (χ0) is 15.0. The maximum atomic E-state index is 5.01. The lowest BCUT2D eigenvalue weighted by Gasteiger charge is -2.17. The molecule has 0 aliphatic carbocycles. The highest BCUT2D eigenvalue weighted by Crippen LogP contribution is 2.13. The molecule has 0 saturated carbocycles. The molecule has 1 rings (SSSR count). The van der Waals surface area contributed by atoms with E-state index in [1.807, 2.05) is 0 Å². The highest BCUT2D eigenvalue weighted by molar-refractivity contribution is 5.24. The molecule has 5 heteroatoms. The number of aryl methyl sites for hydroxylation is 2. The maximum Gasteiger partial charge on any atom is 0.0628 e. The Kier molecular flexibility index (Phi) is 7.80. The molecule has 0 unspecified atom stereocenters. The van der Waals surface area contributed by atoms with E-state index in [0.717, 1.165) is 45.8 Å². The van der Waals surface area contributed by atoms with E-state index < -0.39 is 0 Å². The van der Waals surface area contributed by atoms with E-state index in [4.69, 9.17) is 4.74 Å². The van der Waals surface area contributed by atoms with Crippen LogP contribution in [0.1, 0.15) is 23.9 Å². The molecule has 1 N–H and O–H groups in total. The second kappa shape index (κ2) is 9.10. The SMILES string of the molecule is CCn1nc(C)c(CCN(C)CCNCCOC)c1C. The number of methoxy groups -OCH3 is 1. The number of aromatic nitrogens is 2. The van der Waals surface area contributed by atoms with Crippen LogP contribution < -0.4 is 5.32 Å². The third-order valence-electron chi connectivity index (χ3n) is 3.73. The van der Waals surface area contributed by atoms with Crippen LogP contribution in [0, 0.1) is 13.8 Å². The van der Waals surface area contributed by atoms with E-state index in [1.54, 1.807) is 7.11 Å². The van der Waals surface area contributed by atoms with Crippen LogP contribution in [0.15, 0.2) is 0 Å². The van der Waals surface area contributed by atoms with Crippen LogP contribution in [-0.2, 0) is 17.7 Å². The molecule has 5 nitrogen and oxygen atoms in total. The number of nitrogens with zero attached hydrogens (tertiary/aromatic N) is 3. The van der Waals surface area contributed by atoms with Gasteiger partial charge in [0.25, 0.3) is 0 Å². The minimum Gasteiger partial charge on any atom is -0.383 e. The molecule has 0 saturated heterocycles. The second-order valence-corrected chi connectivity index (χ2v) is 5.26. The van der Waals surface area contributed by atoms with Crippen molar-refractivity contribution in [2.45, 2.75) is 33.7 Å². The molecule has 1 aromatic rings. The zero-order valence-electron chi connectivity index (χ0n) is 13.7. The lowest BCUT2D eigenvalue weighted by atomic mass is 10.1. The van der Waals surface area contributed by atoms with Crippen molar-refractivity contribution in [1.82, 2.24) is 20.0 Å². The van der Waals surface area contributed by atoms with Crippen molar-refractivity contribution in [1.29, 1.82) is 0 Å². The van der Waals surface area contributed by atoms with Crippen molar-refractivity contribution in [3.05, 3.63) is 17.0 Å². The van der Waals surface area contributed by atoms with E-state index in [1.165, 1.54) is 17.0 Å². The van der Waals surface area contributed by atoms with Gasteiger partial charge in [-0.15, -0.1) is 0 Å². The van der Waals surface area contributed by atoms with Crippen molar-refractivity contribution in [3.8, 4) is 0 Å². The molecule has 0 fully saturated rings. The van der Waals surface area contributed by atoms with Crippen molar-refractivity contribution < 1.29 is 4.74 Å². The molecule has 20 heavy (non-hydrogen) atoms. The number of nitrogens with one attached hydrogen (secondary N) is 1. The smallest absolute Gasteiger partial charge is 0.0628 e. The van der Waals surface area contributed by atoms with Crippen LogP contribution in [0.25, 0.3) is 0 Å². The molecular formula is C15H30N4O. The normalized spacial score (nSPS) is 11.5. The topological polar surface area (TPSA) is 42.3 Å². The molecular weight excluding hydrogens is 252 g/mol. The average molecular weight is 282 g/mol. The molecule has 1 heterocycles. The van der Waals surface area contributed by atoms with Gasteiger partial charge in [0, 0.05) is 45.5 Å². The fraction of sp³-hybridized carbons (Fsp3) is 0.800. The molecule has 0 spiro atoms. The predicted molar refractivity (Wildman–Crippen MR) is 83.3 cm³/mol. The Bertz CT molecular complexity index is 389. The standard InChI is InChI=1S/C15H30N4O/c1-6-19-14(3)15(13(2)17-19)7-10-18(4)11-8-16-9-12-20-5/h16H,6-12H2,1-5H3. The quantitative estimate of drug-likeness (QED) is 0.656. The number of hydrogen-bond acceptors (Lipinski definition) is 4. The summed E-state index contributed by atoms with van der Waals surface area (Å²) in [4.78, 5) is 2.36. The van der Waals surface area contributed by atoms with E-state index >= 15 is 0 Å². The van der Waals surface area contributed by atoms with Crippen molar-refractivity contribution in [2.75, 3.05) is 46.9 Å². The first-order chi connectivity index (χ1) is 9.60. The number of likely N-dealkylation sites (N-methyl/N-ethyl adjacent to an activating group) is 1. The van der Waals surface area contributed by atoms with Gasteiger partial charge < -0.3 is 15.0 Å². The van der Waals surface area contributed by atoms with Crippen LogP contribution in [0.4, 0.5) is 0 Å². The summed E-state index contributed by atoms with van der Waals surface area (Å²) in [5, 5.41) is 7.94. The number of hydrogen-bond donors (Lipinski definition) is 1. The molecule has 0 atom stereocenters. The van der Waals surface area contributed by atoms with Gasteiger partial charge in [-0.2, -0.15) is 5.10 Å².